The van der Waals surface area contributed by atoms with Crippen LogP contribution < -0.4 is 38.2 Å². The summed E-state index contributed by atoms with van der Waals surface area (Å²) in [7, 11) is -9.38. The lowest BCUT2D eigenvalue weighted by atomic mass is 10.1. The first-order valence-electron chi connectivity index (χ1n) is 19.7. The lowest BCUT2D eigenvalue weighted by Gasteiger charge is -2.39. The van der Waals surface area contributed by atoms with E-state index >= 15 is 0 Å². The minimum absolute atomic E-state index is 0.238. The van der Waals surface area contributed by atoms with Crippen LogP contribution in [0.5, 0.6) is 34.5 Å². The summed E-state index contributed by atoms with van der Waals surface area (Å²) in [6.07, 6.45) is 3.63. The molecule has 322 valence electrons. The van der Waals surface area contributed by atoms with Crippen molar-refractivity contribution in [3.63, 3.8) is 0 Å². The molecule has 2 aromatic carbocycles. The third-order valence-corrected chi connectivity index (χ3v) is 10.9. The molecule has 1 fully saturated rings. The molecule has 1 saturated heterocycles. The summed E-state index contributed by atoms with van der Waals surface area (Å²) >= 11 is 0. The molecule has 2 unspecified atom stereocenters. The number of rotatable bonds is 20. The Balaban J connectivity index is 1.53. The number of pyridine rings is 2. The van der Waals surface area contributed by atoms with Gasteiger partial charge < -0.3 is 38.2 Å². The van der Waals surface area contributed by atoms with Crippen LogP contribution in [0.2, 0.25) is 0 Å². The number of anilines is 2. The van der Waals surface area contributed by atoms with Gasteiger partial charge in [0.15, 0.2) is 23.0 Å². The van der Waals surface area contributed by atoms with Crippen molar-refractivity contribution in [1.82, 2.24) is 9.97 Å². The van der Waals surface area contributed by atoms with Gasteiger partial charge in [0.2, 0.25) is 11.5 Å². The van der Waals surface area contributed by atoms with E-state index in [0.29, 0.717) is 103 Å². The molecule has 59 heavy (non-hydrogen) atoms. The van der Waals surface area contributed by atoms with Crippen LogP contribution in [0, 0.1) is 0 Å². The van der Waals surface area contributed by atoms with E-state index < -0.39 is 43.8 Å². The Morgan fingerprint density at radius 1 is 0.525 bits per heavy atom. The van der Waals surface area contributed by atoms with Gasteiger partial charge in [0.05, 0.1) is 63.2 Å². The lowest BCUT2D eigenvalue weighted by Crippen LogP contribution is -2.56. The van der Waals surface area contributed by atoms with Gasteiger partial charge in [-0.25, -0.2) is 9.97 Å². The molecule has 1 aliphatic heterocycles. The van der Waals surface area contributed by atoms with Crippen molar-refractivity contribution in [1.29, 1.82) is 0 Å². The molecule has 0 amide bonds. The van der Waals surface area contributed by atoms with Crippen LogP contribution in [0.15, 0.2) is 60.9 Å². The molecule has 5 rings (SSSR count). The summed E-state index contributed by atoms with van der Waals surface area (Å²) in [5, 5.41) is 0. The fourth-order valence-electron chi connectivity index (χ4n) is 7.13. The van der Waals surface area contributed by atoms with Crippen molar-refractivity contribution in [3.8, 4) is 56.8 Å². The molecular formula is C41H54N4O12S2. The molecule has 2 N–H and O–H groups in total. The highest BCUT2D eigenvalue weighted by Gasteiger charge is 2.41. The highest BCUT2D eigenvalue weighted by Crippen LogP contribution is 2.43. The van der Waals surface area contributed by atoms with Crippen LogP contribution in [0.3, 0.4) is 0 Å². The van der Waals surface area contributed by atoms with Gasteiger partial charge in [0.1, 0.15) is 11.6 Å². The Labute approximate surface area is 346 Å². The van der Waals surface area contributed by atoms with Gasteiger partial charge >= 0.3 is 0 Å². The van der Waals surface area contributed by atoms with Crippen LogP contribution in [0.4, 0.5) is 11.6 Å². The van der Waals surface area contributed by atoms with Crippen molar-refractivity contribution in [2.45, 2.75) is 60.0 Å². The SMILES string of the molecule is CCOc1cc(-c2ccc(N3CCCN(c4ccc(-c5cc(OCC)c(OCC)c(OCC)c5)cn4)C(CS(=O)(=O)O)C3CS(=O)(=O)O)nc2)cc(OCC)c1OCC. The first-order valence-corrected chi connectivity index (χ1v) is 22.9. The average molecular weight is 859 g/mol. The molecule has 0 aliphatic carbocycles. The topological polar surface area (TPSA) is 196 Å². The van der Waals surface area contributed by atoms with Crippen molar-refractivity contribution in [2.24, 2.45) is 0 Å². The summed E-state index contributed by atoms with van der Waals surface area (Å²) in [4.78, 5) is 12.7. The third kappa shape index (κ3) is 11.6. The van der Waals surface area contributed by atoms with E-state index in [9.17, 15) is 25.9 Å². The quantitative estimate of drug-likeness (QED) is 0.0922. The van der Waals surface area contributed by atoms with Crippen LogP contribution in [-0.2, 0) is 20.2 Å². The number of hydrogen-bond donors (Lipinski definition) is 2. The van der Waals surface area contributed by atoms with Crippen molar-refractivity contribution in [3.05, 3.63) is 60.9 Å². The second kappa shape index (κ2) is 20.3. The van der Waals surface area contributed by atoms with E-state index in [-0.39, 0.29) is 13.1 Å². The third-order valence-electron chi connectivity index (χ3n) is 9.37. The summed E-state index contributed by atoms with van der Waals surface area (Å²) in [6, 6.07) is 11.9. The molecule has 0 spiro atoms. The van der Waals surface area contributed by atoms with E-state index in [2.05, 4.69) is 0 Å². The van der Waals surface area contributed by atoms with E-state index in [1.54, 1.807) is 46.5 Å². The molecular weight excluding hydrogens is 805 g/mol. The molecule has 0 radical (unpaired) electrons. The zero-order chi connectivity index (χ0) is 42.7. The van der Waals surface area contributed by atoms with Crippen molar-refractivity contribution >= 4 is 31.9 Å². The molecule has 4 aromatic rings. The molecule has 2 atom stereocenters. The smallest absolute Gasteiger partial charge is 0.266 e. The number of nitrogens with zero attached hydrogens (tertiary/aromatic N) is 4. The Morgan fingerprint density at radius 3 is 1.10 bits per heavy atom. The van der Waals surface area contributed by atoms with Gasteiger partial charge in [-0.2, -0.15) is 16.8 Å². The van der Waals surface area contributed by atoms with Gasteiger partial charge in [-0.3, -0.25) is 9.11 Å². The number of hydrogen-bond acceptors (Lipinski definition) is 14. The van der Waals surface area contributed by atoms with Crippen LogP contribution in [0.25, 0.3) is 22.3 Å². The maximum atomic E-state index is 12.6. The predicted octanol–water partition coefficient (Wildman–Crippen LogP) is 6.43. The maximum Gasteiger partial charge on any atom is 0.266 e. The minimum atomic E-state index is -4.69. The number of benzene rings is 2. The lowest BCUT2D eigenvalue weighted by molar-refractivity contribution is 0.261. The predicted molar refractivity (Wildman–Crippen MR) is 226 cm³/mol. The fourth-order valence-corrected chi connectivity index (χ4v) is 8.79. The summed E-state index contributed by atoms with van der Waals surface area (Å²) in [5.74, 6) is 1.93. The van der Waals surface area contributed by atoms with Gasteiger partial charge in [-0.1, -0.05) is 0 Å². The highest BCUT2D eigenvalue weighted by molar-refractivity contribution is 7.86. The first-order chi connectivity index (χ1) is 28.2. The first kappa shape index (κ1) is 45.1. The number of aromatic nitrogens is 2. The van der Waals surface area contributed by atoms with Gasteiger partial charge in [-0.05, 0) is 108 Å². The molecule has 2 aromatic heterocycles. The number of ether oxygens (including phenoxy) is 6. The second-order valence-corrected chi connectivity index (χ2v) is 16.4. The summed E-state index contributed by atoms with van der Waals surface area (Å²) in [5.41, 5.74) is 2.83. The average Bonchev–Trinajstić information content (AvgIpc) is 3.35. The van der Waals surface area contributed by atoms with E-state index in [1.807, 2.05) is 65.8 Å². The van der Waals surface area contributed by atoms with Gasteiger partial charge in [0.25, 0.3) is 20.2 Å². The van der Waals surface area contributed by atoms with E-state index in [0.717, 1.165) is 11.1 Å². The van der Waals surface area contributed by atoms with E-state index in [1.165, 1.54) is 0 Å². The molecule has 0 saturated carbocycles. The van der Waals surface area contributed by atoms with Gasteiger partial charge in [0, 0.05) is 36.6 Å². The molecule has 16 nitrogen and oxygen atoms in total. The highest BCUT2D eigenvalue weighted by atomic mass is 32.2. The largest absolute Gasteiger partial charge is 0.490 e. The Bertz CT molecular complexity index is 2010. The molecule has 0 bridgehead atoms. The maximum absolute atomic E-state index is 12.6. The second-order valence-electron chi connectivity index (χ2n) is 13.4. The minimum Gasteiger partial charge on any atom is -0.490 e. The van der Waals surface area contributed by atoms with Crippen molar-refractivity contribution < 1.29 is 54.4 Å². The Morgan fingerprint density at radius 2 is 0.847 bits per heavy atom. The zero-order valence-electron chi connectivity index (χ0n) is 34.3. The van der Waals surface area contributed by atoms with Gasteiger partial charge in [-0.15, -0.1) is 0 Å². The van der Waals surface area contributed by atoms with Crippen LogP contribution >= 0.6 is 0 Å². The molecule has 3 heterocycles. The van der Waals surface area contributed by atoms with Crippen LogP contribution in [-0.4, -0.2) is 112 Å². The summed E-state index contributed by atoms with van der Waals surface area (Å²) in [6.45, 7) is 14.1. The van der Waals surface area contributed by atoms with Crippen LogP contribution in [0.1, 0.15) is 48.0 Å². The van der Waals surface area contributed by atoms with Crippen molar-refractivity contribution in [2.75, 3.05) is 74.0 Å². The Hall–Kier alpha value is -5.04. The summed E-state index contributed by atoms with van der Waals surface area (Å²) < 4.78 is 106. The zero-order valence-corrected chi connectivity index (χ0v) is 35.9. The monoisotopic (exact) mass is 858 g/mol. The molecule has 18 heteroatoms. The van der Waals surface area contributed by atoms with E-state index in [4.69, 9.17) is 38.4 Å². The fraction of sp³-hybridized carbons (Fsp3) is 0.463. The standard InChI is InChI=1S/C41H54N4O12S2/c1-7-52-34-20-30(21-35(53-8-2)40(34)56-11-5)28-14-16-38(42-24-28)44-18-13-19-45(33(27-59(49,50)51)32(44)26-58(46,47)48)39-17-15-29(25-43-39)31-22-36(54-9-3)41(57-12-6)37(23-31)55-10-4/h14-17,20-25,32-33H,7-13,18-19,26-27H2,1-6H3,(H,46,47,48)(H,49,50,51). The molecule has 1 aliphatic rings. The Kier molecular flexibility index (Phi) is 15.5. The normalized spacial score (nSPS) is 16.0.